The average molecular weight is 397 g/mol. The predicted molar refractivity (Wildman–Crippen MR) is 116 cm³/mol. The average Bonchev–Trinajstić information content (AvgIpc) is 3.14. The zero-order chi connectivity index (χ0) is 20.4. The molecule has 1 aliphatic heterocycles. The molecule has 4 N–H and O–H groups in total. The number of aromatic amines is 1. The molecule has 1 saturated heterocycles. The Morgan fingerprint density at radius 3 is 2.66 bits per heavy atom. The van der Waals surface area contributed by atoms with E-state index in [0.29, 0.717) is 17.8 Å². The van der Waals surface area contributed by atoms with E-state index in [4.69, 9.17) is 5.21 Å². The molecule has 0 amide bonds. The molecular weight excluding hydrogens is 364 g/mol. The maximum Gasteiger partial charge on any atom is 0.167 e. The highest BCUT2D eigenvalue weighted by Crippen LogP contribution is 2.24. The first kappa shape index (κ1) is 20.3. The molecule has 1 fully saturated rings. The van der Waals surface area contributed by atoms with E-state index in [0.717, 1.165) is 37.1 Å². The molecule has 6 nitrogen and oxygen atoms in total. The van der Waals surface area contributed by atoms with Gasteiger partial charge in [0, 0.05) is 43.8 Å². The summed E-state index contributed by atoms with van der Waals surface area (Å²) in [6.07, 6.45) is 7.99. The molecule has 6 heteroatoms. The number of nitrogens with one attached hydrogen (secondary N) is 2. The number of allylic oxidation sites excluding steroid dienone is 3. The first-order valence-electron chi connectivity index (χ1n) is 10.6. The van der Waals surface area contributed by atoms with Gasteiger partial charge in [-0.05, 0) is 49.8 Å². The van der Waals surface area contributed by atoms with Crippen molar-refractivity contribution in [2.24, 2.45) is 0 Å². The molecule has 0 bridgehead atoms. The van der Waals surface area contributed by atoms with Gasteiger partial charge in [0.15, 0.2) is 6.23 Å². The zero-order valence-electron chi connectivity index (χ0n) is 17.3. The highest BCUT2D eigenvalue weighted by atomic mass is 16.5. The molecule has 0 saturated carbocycles. The molecule has 1 aliphatic carbocycles. The maximum atomic E-state index is 9.75. The van der Waals surface area contributed by atoms with Crippen molar-refractivity contribution in [3.8, 4) is 0 Å². The van der Waals surface area contributed by atoms with Crippen molar-refractivity contribution < 1.29 is 10.3 Å². The number of nitrogens with zero attached hydrogens (tertiary/aromatic N) is 2. The van der Waals surface area contributed by atoms with E-state index >= 15 is 0 Å². The lowest BCUT2D eigenvalue weighted by molar-refractivity contribution is -0.00143. The summed E-state index contributed by atoms with van der Waals surface area (Å²) in [6, 6.07) is 9.27. The minimum atomic E-state index is -1.10. The Morgan fingerprint density at radius 2 is 1.97 bits per heavy atom. The quantitative estimate of drug-likeness (QED) is 0.445. The van der Waals surface area contributed by atoms with Gasteiger partial charge in [-0.1, -0.05) is 35.9 Å². The van der Waals surface area contributed by atoms with Gasteiger partial charge < -0.3 is 15.3 Å². The Bertz CT molecular complexity index is 891. The minimum absolute atomic E-state index is 0.525. The van der Waals surface area contributed by atoms with Gasteiger partial charge in [0.05, 0.1) is 5.69 Å². The predicted octanol–water partition coefficient (Wildman–Crippen LogP) is 3.31. The summed E-state index contributed by atoms with van der Waals surface area (Å²) < 4.78 is 0. The fraction of sp³-hybridized carbons (Fsp3) is 0.478. The minimum Gasteiger partial charge on any atom is -0.371 e. The Hall–Kier alpha value is -1.96. The summed E-state index contributed by atoms with van der Waals surface area (Å²) in [5.41, 5.74) is 6.21. The maximum absolute atomic E-state index is 9.75. The van der Waals surface area contributed by atoms with E-state index in [1.54, 1.807) is 5.57 Å². The summed E-state index contributed by atoms with van der Waals surface area (Å²) in [5, 5.41) is 19.7. The van der Waals surface area contributed by atoms with Crippen LogP contribution in [0.2, 0.25) is 0 Å². The molecule has 2 aromatic rings. The van der Waals surface area contributed by atoms with Crippen LogP contribution in [-0.4, -0.2) is 56.8 Å². The van der Waals surface area contributed by atoms with Crippen molar-refractivity contribution >= 4 is 10.9 Å². The second-order valence-corrected chi connectivity index (χ2v) is 8.53. The van der Waals surface area contributed by atoms with Crippen LogP contribution in [0.15, 0.2) is 48.1 Å². The van der Waals surface area contributed by atoms with Crippen molar-refractivity contribution in [1.29, 1.82) is 0 Å². The molecule has 1 aromatic carbocycles. The first-order chi connectivity index (χ1) is 14.0. The van der Waals surface area contributed by atoms with Gasteiger partial charge in [-0.25, -0.2) is 0 Å². The summed E-state index contributed by atoms with van der Waals surface area (Å²) in [7, 11) is 0. The van der Waals surface area contributed by atoms with Crippen LogP contribution >= 0.6 is 0 Å². The normalized spacial score (nSPS) is 24.8. The van der Waals surface area contributed by atoms with Crippen molar-refractivity contribution in [1.82, 2.24) is 20.3 Å². The lowest BCUT2D eigenvalue weighted by Gasteiger charge is -2.45. The number of H-pyrrole nitrogens is 1. The van der Waals surface area contributed by atoms with Gasteiger partial charge in [0.25, 0.3) is 0 Å². The van der Waals surface area contributed by atoms with Crippen LogP contribution in [0.5, 0.6) is 0 Å². The number of aliphatic hydroxyl groups excluding tert-OH is 1. The van der Waals surface area contributed by atoms with Gasteiger partial charge >= 0.3 is 0 Å². The smallest absolute Gasteiger partial charge is 0.167 e. The van der Waals surface area contributed by atoms with Crippen molar-refractivity contribution in [2.75, 3.05) is 19.6 Å². The fourth-order valence-corrected chi connectivity index (χ4v) is 4.70. The molecular formula is C23H32N4O2. The monoisotopic (exact) mass is 396 g/mol. The molecule has 3 atom stereocenters. The van der Waals surface area contributed by atoms with E-state index < -0.39 is 6.23 Å². The molecule has 0 radical (unpaired) electrons. The number of hydrogen-bond donors (Lipinski definition) is 4. The number of benzene rings is 1. The lowest BCUT2D eigenvalue weighted by Crippen LogP contribution is -2.56. The summed E-state index contributed by atoms with van der Waals surface area (Å²) in [5.74, 6) is 0. The van der Waals surface area contributed by atoms with Crippen LogP contribution in [0.3, 0.4) is 0 Å². The van der Waals surface area contributed by atoms with Crippen LogP contribution in [0, 0.1) is 0 Å². The van der Waals surface area contributed by atoms with E-state index in [1.807, 2.05) is 11.5 Å². The van der Waals surface area contributed by atoms with Gasteiger partial charge in [-0.3, -0.25) is 9.80 Å². The van der Waals surface area contributed by atoms with Crippen LogP contribution in [0.1, 0.15) is 44.2 Å². The number of piperazine rings is 1. The molecule has 1 aromatic heterocycles. The number of aromatic nitrogens is 1. The van der Waals surface area contributed by atoms with Crippen molar-refractivity contribution in [3.05, 3.63) is 59.3 Å². The van der Waals surface area contributed by atoms with Gasteiger partial charge in [-0.15, -0.1) is 0 Å². The number of aliphatic hydroxyl groups is 1. The standard InChI is InChI=1S/C23H32N4O2/c1-16-12-26(13-17(2)27(16)15-18-6-4-3-5-7-18)14-19-8-9-20-11-22(23(28)25-29)24-21(20)10-19/h3-4,6,8-11,16-17,23-25,28-29H,5,7,12-15H2,1-2H3/t16-,17?,23?/m1/s1. The number of hydrogen-bond acceptors (Lipinski definition) is 5. The molecule has 0 spiro atoms. The van der Waals surface area contributed by atoms with E-state index in [-0.39, 0.29) is 0 Å². The first-order valence-corrected chi connectivity index (χ1v) is 10.6. The highest BCUT2D eigenvalue weighted by Gasteiger charge is 2.29. The second-order valence-electron chi connectivity index (χ2n) is 8.53. The third kappa shape index (κ3) is 4.63. The Kier molecular flexibility index (Phi) is 6.18. The third-order valence-corrected chi connectivity index (χ3v) is 6.19. The van der Waals surface area contributed by atoms with Gasteiger partial charge in [0.1, 0.15) is 0 Å². The molecule has 29 heavy (non-hydrogen) atoms. The number of fused-ring (bicyclic) bond motifs is 1. The SMILES string of the molecule is CC1CN(Cc2ccc3cc(C(O)NO)[nH]c3c2)C[C@@H](C)N1CC1=CC=CCC1. The second kappa shape index (κ2) is 8.81. The van der Waals surface area contributed by atoms with Crippen LogP contribution < -0.4 is 5.48 Å². The molecule has 2 aliphatic rings. The van der Waals surface area contributed by atoms with Crippen molar-refractivity contribution in [2.45, 2.75) is 51.5 Å². The Balaban J connectivity index is 1.41. The largest absolute Gasteiger partial charge is 0.371 e. The fourth-order valence-electron chi connectivity index (χ4n) is 4.70. The Morgan fingerprint density at radius 1 is 1.17 bits per heavy atom. The third-order valence-electron chi connectivity index (χ3n) is 6.19. The molecule has 2 heterocycles. The highest BCUT2D eigenvalue weighted by molar-refractivity contribution is 5.81. The topological polar surface area (TPSA) is 74.8 Å². The summed E-state index contributed by atoms with van der Waals surface area (Å²) in [6.45, 7) is 8.80. The van der Waals surface area contributed by atoms with Gasteiger partial charge in [-0.2, -0.15) is 5.48 Å². The Labute approximate surface area is 172 Å². The summed E-state index contributed by atoms with van der Waals surface area (Å²) in [4.78, 5) is 8.36. The number of hydroxylamine groups is 1. The van der Waals surface area contributed by atoms with E-state index in [9.17, 15) is 5.11 Å². The zero-order valence-corrected chi connectivity index (χ0v) is 17.3. The molecule has 4 rings (SSSR count). The van der Waals surface area contributed by atoms with Crippen LogP contribution in [0.4, 0.5) is 0 Å². The van der Waals surface area contributed by atoms with Crippen LogP contribution in [0.25, 0.3) is 10.9 Å². The van der Waals surface area contributed by atoms with Crippen molar-refractivity contribution in [3.63, 3.8) is 0 Å². The summed E-state index contributed by atoms with van der Waals surface area (Å²) >= 11 is 0. The number of rotatable bonds is 6. The van der Waals surface area contributed by atoms with Gasteiger partial charge in [0.2, 0.25) is 0 Å². The molecule has 156 valence electrons. The molecule has 2 unspecified atom stereocenters. The van der Waals surface area contributed by atoms with E-state index in [1.165, 1.54) is 18.4 Å². The van der Waals surface area contributed by atoms with E-state index in [2.05, 4.69) is 65.1 Å². The lowest BCUT2D eigenvalue weighted by atomic mass is 10.0. The van der Waals surface area contributed by atoms with Crippen LogP contribution in [-0.2, 0) is 6.54 Å².